The first-order chi connectivity index (χ1) is 1.91. The van der Waals surface area contributed by atoms with Crippen LogP contribution in [0.4, 0.5) is 0 Å². The summed E-state index contributed by atoms with van der Waals surface area (Å²) in [6.07, 6.45) is 0. The quantitative estimate of drug-likeness (QED) is 0.131. The summed E-state index contributed by atoms with van der Waals surface area (Å²) >= 11 is 0. The Hall–Kier alpha value is 0.527. The van der Waals surface area contributed by atoms with Gasteiger partial charge in [0, 0.05) is 0 Å². The van der Waals surface area contributed by atoms with Crippen LogP contribution in [-0.2, 0) is 0 Å². The van der Waals surface area contributed by atoms with Gasteiger partial charge in [-0.1, -0.05) is 0 Å². The van der Waals surface area contributed by atoms with E-state index in [1.807, 2.05) is 0 Å². The fourth-order valence-corrected chi connectivity index (χ4v) is 0. The van der Waals surface area contributed by atoms with Gasteiger partial charge in [0.2, 0.25) is 0 Å². The molecule has 0 aromatic heterocycles. The maximum absolute atomic E-state index is 7.37. The van der Waals surface area contributed by atoms with Gasteiger partial charge < -0.3 is 1.43 Å². The second-order valence-corrected chi connectivity index (χ2v) is 0.689. The molecule has 0 radical (unpaired) electrons. The molecule has 24 valence electrons. The van der Waals surface area contributed by atoms with Gasteiger partial charge >= 0.3 is 29.6 Å². The van der Waals surface area contributed by atoms with E-state index in [-0.39, 0.29) is 31.0 Å². The van der Waals surface area contributed by atoms with Crippen molar-refractivity contribution in [1.29, 1.82) is 0 Å². The van der Waals surface area contributed by atoms with Crippen molar-refractivity contribution in [3.8, 4) is 0 Å². The number of nitrogens with zero attached hydrogens (tertiary/aromatic N) is 3. The van der Waals surface area contributed by atoms with Gasteiger partial charge in [-0.3, -0.25) is 0 Å². The molecule has 5 heteroatoms. The van der Waals surface area contributed by atoms with Crippen LogP contribution in [0, 0.1) is 0 Å². The molecule has 0 amide bonds. The molecule has 0 aromatic carbocycles. The largest absolute Gasteiger partial charge is 1.00 e. The fraction of sp³-hybridized carbons (Fsp3) is 0. The van der Waals surface area contributed by atoms with E-state index < -0.39 is 0 Å². The minimum absolute atomic E-state index is 0. The van der Waals surface area contributed by atoms with E-state index in [1.54, 1.807) is 0 Å². The van der Waals surface area contributed by atoms with Crippen LogP contribution in [0.25, 0.3) is 10.4 Å². The van der Waals surface area contributed by atoms with Crippen molar-refractivity contribution in [3.63, 3.8) is 0 Å². The molecule has 0 fully saturated rings. The van der Waals surface area contributed by atoms with Crippen molar-refractivity contribution in [3.05, 3.63) is 10.4 Å². The zero-order chi connectivity index (χ0) is 3.41. The summed E-state index contributed by atoms with van der Waals surface area (Å²) in [4.78, 5) is 2.42. The van der Waals surface area contributed by atoms with Crippen LogP contribution in [0.15, 0.2) is 4.78 Å². The third kappa shape index (κ3) is 12.4. The molecule has 0 aromatic rings. The molecule has 0 aliphatic heterocycles. The Morgan fingerprint density at radius 2 is 2.20 bits per heavy atom. The van der Waals surface area contributed by atoms with Gasteiger partial charge in [-0.2, -0.15) is 0 Å². The average molecular weight is 97.1 g/mol. The van der Waals surface area contributed by atoms with E-state index in [0.717, 1.165) is 0 Å². The van der Waals surface area contributed by atoms with Crippen molar-refractivity contribution >= 4 is 10.4 Å². The predicted molar refractivity (Wildman–Crippen MR) is 20.2 cm³/mol. The minimum atomic E-state index is 0. The van der Waals surface area contributed by atoms with Crippen LogP contribution < -0.4 is 29.6 Å². The molecule has 0 rings (SSSR count). The van der Waals surface area contributed by atoms with Gasteiger partial charge in [0.25, 0.3) is 0 Å². The van der Waals surface area contributed by atoms with Crippen molar-refractivity contribution in [2.45, 2.75) is 0 Å². The molecule has 0 unspecified atom stereocenters. The molecule has 0 aliphatic carbocycles. The summed E-state index contributed by atoms with van der Waals surface area (Å²) in [6, 6.07) is 0. The van der Waals surface area contributed by atoms with Crippen LogP contribution >= 0.6 is 0 Å². The smallest absolute Gasteiger partial charge is 1.00 e. The summed E-state index contributed by atoms with van der Waals surface area (Å²) in [5.41, 5.74) is 7.37. The number of rotatable bonds is 0. The molecule has 0 saturated heterocycles. The van der Waals surface area contributed by atoms with Gasteiger partial charge in [0.15, 0.2) is 0 Å². The first-order valence-electron chi connectivity index (χ1n) is 0.847. The second-order valence-electron chi connectivity index (χ2n) is 0.289. The van der Waals surface area contributed by atoms with E-state index in [9.17, 15) is 0 Å². The van der Waals surface area contributed by atoms with Crippen molar-refractivity contribution in [1.82, 2.24) is 0 Å². The first-order valence-corrected chi connectivity index (χ1v) is 1.74. The Labute approximate surface area is 56.7 Å². The zero-order valence-corrected chi connectivity index (χ0v) is 7.34. The van der Waals surface area contributed by atoms with Crippen molar-refractivity contribution < 1.29 is 31.0 Å². The zero-order valence-electron chi connectivity index (χ0n) is 4.34. The molecule has 0 heterocycles. The molecule has 0 saturated carbocycles. The van der Waals surface area contributed by atoms with E-state index in [2.05, 4.69) is 9.69 Å². The van der Waals surface area contributed by atoms with Crippen LogP contribution in [0.5, 0.6) is 0 Å². The van der Waals surface area contributed by atoms with Gasteiger partial charge in [-0.05, 0) is 10.4 Å². The summed E-state index contributed by atoms with van der Waals surface area (Å²) in [5, 5.41) is 0. The molecular formula is H4N3NaSi. The maximum atomic E-state index is 7.37. The molecule has 0 bridgehead atoms. The molecule has 0 spiro atoms. The van der Waals surface area contributed by atoms with Crippen molar-refractivity contribution in [2.24, 2.45) is 4.78 Å². The third-order valence-corrected chi connectivity index (χ3v) is 0.268. The monoisotopic (exact) mass is 97.0 g/mol. The van der Waals surface area contributed by atoms with Gasteiger partial charge in [-0.25, -0.2) is 0 Å². The van der Waals surface area contributed by atoms with E-state index in [0.29, 0.717) is 10.4 Å². The molecular weight excluding hydrogens is 93.1 g/mol. The number of hydrogen-bond acceptors (Lipinski definition) is 1. The molecule has 0 N–H and O–H groups in total. The molecule has 0 atom stereocenters. The SMILES string of the molecule is [H-].[N-]=[N+]=N[SiH3].[Na+]. The topological polar surface area (TPSA) is 48.8 Å². The third-order valence-electron chi connectivity index (χ3n) is 0.0894. The molecule has 3 nitrogen and oxygen atoms in total. The van der Waals surface area contributed by atoms with E-state index in [4.69, 9.17) is 5.53 Å². The van der Waals surface area contributed by atoms with E-state index >= 15 is 0 Å². The van der Waals surface area contributed by atoms with Gasteiger partial charge in [0.1, 0.15) is 10.4 Å². The van der Waals surface area contributed by atoms with Crippen LogP contribution in [0.1, 0.15) is 1.43 Å². The maximum Gasteiger partial charge on any atom is 1.00 e. The van der Waals surface area contributed by atoms with Crippen LogP contribution in [0.3, 0.4) is 0 Å². The van der Waals surface area contributed by atoms with E-state index in [1.165, 1.54) is 0 Å². The molecule has 5 heavy (non-hydrogen) atoms. The summed E-state index contributed by atoms with van der Waals surface area (Å²) in [6.45, 7) is 0. The Balaban J connectivity index is -0.0000000450. The first kappa shape index (κ1) is 9.11. The summed E-state index contributed by atoms with van der Waals surface area (Å²) in [5.74, 6) is 0. The summed E-state index contributed by atoms with van der Waals surface area (Å²) < 4.78 is 3.06. The number of azide groups is 1. The van der Waals surface area contributed by atoms with Gasteiger partial charge in [-0.15, -0.1) is 4.78 Å². The Kier molecular flexibility index (Phi) is 16.1. The molecule has 0 aliphatic rings. The predicted octanol–water partition coefficient (Wildman–Crippen LogP) is -3.31. The normalized spacial score (nSPS) is 4.00. The van der Waals surface area contributed by atoms with Crippen molar-refractivity contribution in [2.75, 3.05) is 0 Å². The minimum Gasteiger partial charge on any atom is -1.00 e. The number of hydrogen-bond donors (Lipinski definition) is 0. The van der Waals surface area contributed by atoms with Crippen LogP contribution in [0.2, 0.25) is 0 Å². The Bertz CT molecular complexity index is 48.8. The second kappa shape index (κ2) is 8.82. The fourth-order valence-electron chi connectivity index (χ4n) is 0. The average Bonchev–Trinajstić information content (AvgIpc) is 1.37. The summed E-state index contributed by atoms with van der Waals surface area (Å²) in [7, 11) is 0.598. The van der Waals surface area contributed by atoms with Crippen LogP contribution in [-0.4, -0.2) is 10.4 Å². The van der Waals surface area contributed by atoms with Gasteiger partial charge in [0.05, 0.1) is 0 Å². The Morgan fingerprint density at radius 3 is 2.20 bits per heavy atom. The standard InChI is InChI=1S/H3N3Si.Na.H/c1-2-3-4;;/h4H3;;/q;+1;-1. The Morgan fingerprint density at radius 1 is 2.00 bits per heavy atom.